The molecule has 0 bridgehead atoms. The Kier molecular flexibility index (Phi) is 10.7. The third-order valence-electron chi connectivity index (χ3n) is 10.7. The zero-order valence-corrected chi connectivity index (χ0v) is 35.0. The zero-order valence-electron chi connectivity index (χ0n) is 33.3. The molecule has 0 aromatic heterocycles. The first kappa shape index (κ1) is 40.1. The average Bonchev–Trinajstić information content (AvgIpc) is 3.04. The first-order chi connectivity index (χ1) is 23.9. The molecule has 5 aromatic rings. The summed E-state index contributed by atoms with van der Waals surface area (Å²) in [6, 6.07) is 21.1. The van der Waals surface area contributed by atoms with Gasteiger partial charge in [0, 0.05) is 0 Å². The molecule has 0 saturated heterocycles. The second kappa shape index (κ2) is 13.9. The number of rotatable bonds is 10. The molecule has 5 nitrogen and oxygen atoms in total. The molecule has 0 aliphatic carbocycles. The number of benzene rings is 5. The fourth-order valence-corrected chi connectivity index (χ4v) is 10.6. The van der Waals surface area contributed by atoms with Crippen LogP contribution in [-0.4, -0.2) is 29.4 Å². The third kappa shape index (κ3) is 7.35. The molecule has 0 fully saturated rings. The molecule has 0 saturated carbocycles. The van der Waals surface area contributed by atoms with Gasteiger partial charge in [-0.25, -0.2) is 0 Å². The monoisotopic (exact) mass is 742 g/mol. The second-order valence-electron chi connectivity index (χ2n) is 16.9. The van der Waals surface area contributed by atoms with Crippen molar-refractivity contribution < 1.29 is 23.1 Å². The molecular weight excluding hydrogens is 684 g/mol. The van der Waals surface area contributed by atoms with E-state index in [1.807, 2.05) is 19.9 Å². The molecule has 0 spiro atoms. The molecule has 0 atom stereocenters. The Balaban J connectivity index is 1.96. The van der Waals surface area contributed by atoms with Crippen LogP contribution in [0.15, 0.2) is 71.6 Å². The van der Waals surface area contributed by atoms with Gasteiger partial charge in [0.15, 0.2) is 0 Å². The van der Waals surface area contributed by atoms with Crippen molar-refractivity contribution in [1.29, 1.82) is 0 Å². The zero-order chi connectivity index (χ0) is 38.8. The number of fused-ring (bicyclic) bond motifs is 2. The van der Waals surface area contributed by atoms with E-state index < -0.39 is 17.1 Å². The van der Waals surface area contributed by atoms with Crippen LogP contribution in [0.25, 0.3) is 32.7 Å². The fraction of sp³-hybridized carbons (Fsp3) is 0.422. The van der Waals surface area contributed by atoms with E-state index in [-0.39, 0.29) is 39.2 Å². The van der Waals surface area contributed by atoms with Gasteiger partial charge in [-0.15, -0.1) is 0 Å². The van der Waals surface area contributed by atoms with Crippen molar-refractivity contribution in [2.45, 2.75) is 123 Å². The van der Waals surface area contributed by atoms with Crippen LogP contribution in [0.4, 0.5) is 0 Å². The van der Waals surface area contributed by atoms with Gasteiger partial charge in [0.05, 0.1) is 0 Å². The minimum absolute atomic E-state index is 0.00270. The van der Waals surface area contributed by atoms with Crippen LogP contribution in [0.3, 0.4) is 0 Å². The predicted molar refractivity (Wildman–Crippen MR) is 224 cm³/mol. The molecule has 0 unspecified atom stereocenters. The van der Waals surface area contributed by atoms with Gasteiger partial charge in [0.2, 0.25) is 0 Å². The standard InChI is InChI=1S/C45H59O5PS/c1-25(2)31-16-33-20-38(29(9)10)42(23-40(33)36(18-31)27(5)6)43-22-35(52(13,49)50)14-15-44(43)51(46,47,48)45-24-41-34(21-39(45)30(11)12)17-32(26(3)4)19-37(41)28(7)8/h14-30,46-48H,1-13H3. The molecule has 0 heterocycles. The fourth-order valence-electron chi connectivity index (χ4n) is 7.55. The van der Waals surface area contributed by atoms with Gasteiger partial charge in [0.25, 0.3) is 0 Å². The van der Waals surface area contributed by atoms with Gasteiger partial charge in [-0.2, -0.15) is 0 Å². The summed E-state index contributed by atoms with van der Waals surface area (Å²) in [6.07, 6.45) is 1.15. The Hall–Kier alpha value is -3.12. The van der Waals surface area contributed by atoms with Crippen molar-refractivity contribution in [3.05, 3.63) is 100 Å². The predicted octanol–water partition coefficient (Wildman–Crippen LogP) is 11.0. The SMILES string of the molecule is CC(C)c1cc(C(C)C)c2cc(-c3cc(S(C)(=O)=O)ccc3P(O)(O)(O)c3cc4c(C(C)C)cc(C(C)C)cc4cc3C(C)C)c(C(C)C)cc2c1. The topological polar surface area (TPSA) is 94.8 Å². The molecule has 0 aliphatic rings. The molecule has 0 aliphatic heterocycles. The second-order valence-corrected chi connectivity index (χ2v) is 21.8. The van der Waals surface area contributed by atoms with Gasteiger partial charge in [0.1, 0.15) is 0 Å². The Labute approximate surface area is 312 Å². The maximum atomic E-state index is 13.1. The molecule has 280 valence electrons. The molecule has 5 aromatic carbocycles. The van der Waals surface area contributed by atoms with Gasteiger partial charge in [-0.1, -0.05) is 0 Å². The summed E-state index contributed by atoms with van der Waals surface area (Å²) in [7, 11) is -9.68. The van der Waals surface area contributed by atoms with Crippen molar-refractivity contribution in [2.24, 2.45) is 0 Å². The molecule has 3 N–H and O–H groups in total. The Morgan fingerprint density at radius 3 is 1.33 bits per heavy atom. The van der Waals surface area contributed by atoms with Crippen LogP contribution in [-0.2, 0) is 9.84 Å². The molecule has 52 heavy (non-hydrogen) atoms. The van der Waals surface area contributed by atoms with Crippen LogP contribution < -0.4 is 10.6 Å². The van der Waals surface area contributed by atoms with Crippen molar-refractivity contribution in [3.8, 4) is 11.1 Å². The normalized spacial score (nSPS) is 13.8. The van der Waals surface area contributed by atoms with Crippen LogP contribution in [0.5, 0.6) is 0 Å². The summed E-state index contributed by atoms with van der Waals surface area (Å²) in [6.45, 7) is 25.4. The van der Waals surface area contributed by atoms with Gasteiger partial charge in [-0.05, 0) is 0 Å². The van der Waals surface area contributed by atoms with Gasteiger partial charge < -0.3 is 0 Å². The van der Waals surface area contributed by atoms with Crippen LogP contribution in [0.2, 0.25) is 0 Å². The van der Waals surface area contributed by atoms with Crippen molar-refractivity contribution in [2.75, 3.05) is 6.26 Å². The van der Waals surface area contributed by atoms with E-state index in [9.17, 15) is 23.1 Å². The molecular formula is C45H59O5PS. The summed E-state index contributed by atoms with van der Waals surface area (Å²) in [5.41, 5.74) is 7.20. The first-order valence-corrected chi connectivity index (χ1v) is 22.7. The minimum atomic E-state index is -5.98. The summed E-state index contributed by atoms with van der Waals surface area (Å²) in [5.74, 6) is 0.813. The van der Waals surface area contributed by atoms with E-state index in [2.05, 4.69) is 106 Å². The third-order valence-corrected chi connectivity index (χ3v) is 14.4. The van der Waals surface area contributed by atoms with E-state index in [0.717, 1.165) is 44.5 Å². The van der Waals surface area contributed by atoms with Gasteiger partial charge in [-0.3, -0.25) is 0 Å². The molecule has 0 radical (unpaired) electrons. The van der Waals surface area contributed by atoms with Crippen LogP contribution in [0.1, 0.15) is 152 Å². The Morgan fingerprint density at radius 2 is 0.904 bits per heavy atom. The number of hydrogen-bond donors (Lipinski definition) is 3. The first-order valence-electron chi connectivity index (χ1n) is 18.8. The van der Waals surface area contributed by atoms with Crippen LogP contribution >= 0.6 is 7.28 Å². The van der Waals surface area contributed by atoms with E-state index >= 15 is 0 Å². The Morgan fingerprint density at radius 1 is 0.462 bits per heavy atom. The quantitative estimate of drug-likeness (QED) is 0.124. The van der Waals surface area contributed by atoms with Crippen molar-refractivity contribution in [1.82, 2.24) is 0 Å². The maximum absolute atomic E-state index is 13.1. The van der Waals surface area contributed by atoms with E-state index in [4.69, 9.17) is 0 Å². The number of hydrogen-bond acceptors (Lipinski definition) is 5. The summed E-state index contributed by atoms with van der Waals surface area (Å²) < 4.78 is 26.2. The number of sulfone groups is 1. The van der Waals surface area contributed by atoms with Crippen molar-refractivity contribution in [3.63, 3.8) is 0 Å². The summed E-state index contributed by atoms with van der Waals surface area (Å²) in [5, 5.41) is 3.94. The van der Waals surface area contributed by atoms with E-state index in [0.29, 0.717) is 28.5 Å². The summed E-state index contributed by atoms with van der Waals surface area (Å²) >= 11 is 0. The molecule has 7 heteroatoms. The van der Waals surface area contributed by atoms with E-state index in [1.165, 1.54) is 29.3 Å². The van der Waals surface area contributed by atoms with Gasteiger partial charge >= 0.3 is 313 Å². The Bertz CT molecular complexity index is 2290. The molecule has 5 rings (SSSR count). The average molecular weight is 743 g/mol. The van der Waals surface area contributed by atoms with Crippen LogP contribution in [0, 0.1) is 0 Å². The van der Waals surface area contributed by atoms with Crippen molar-refractivity contribution >= 4 is 49.3 Å². The molecule has 0 amide bonds. The van der Waals surface area contributed by atoms with E-state index in [1.54, 1.807) is 6.07 Å². The summed E-state index contributed by atoms with van der Waals surface area (Å²) in [4.78, 5) is 38.4.